The Hall–Kier alpha value is -1.84. The average Bonchev–Trinajstić information content (AvgIpc) is 2.53. The quantitative estimate of drug-likeness (QED) is 0.848. The van der Waals surface area contributed by atoms with Gasteiger partial charge in [0.15, 0.2) is 0 Å². The summed E-state index contributed by atoms with van der Waals surface area (Å²) in [4.78, 5) is 2.24. The Bertz CT molecular complexity index is 578. The predicted molar refractivity (Wildman–Crippen MR) is 92.3 cm³/mol. The van der Waals surface area contributed by atoms with Crippen LogP contribution in [0, 0.1) is 6.92 Å². The largest absolute Gasteiger partial charge is 0.497 e. The molecule has 0 aliphatic carbocycles. The monoisotopic (exact) mass is 298 g/mol. The van der Waals surface area contributed by atoms with Crippen LogP contribution in [0.1, 0.15) is 22.7 Å². The zero-order valence-corrected chi connectivity index (χ0v) is 14.0. The SMILES string of the molecule is COc1ccc(C(CNCc2ccccc2C)N(C)C)cc1. The highest BCUT2D eigenvalue weighted by atomic mass is 16.5. The van der Waals surface area contributed by atoms with E-state index in [1.54, 1.807) is 7.11 Å². The van der Waals surface area contributed by atoms with Crippen LogP contribution in [0.15, 0.2) is 48.5 Å². The van der Waals surface area contributed by atoms with E-state index in [1.165, 1.54) is 16.7 Å². The third-order valence-electron chi connectivity index (χ3n) is 4.04. The Labute approximate surface area is 133 Å². The summed E-state index contributed by atoms with van der Waals surface area (Å²) in [6.45, 7) is 3.96. The zero-order chi connectivity index (χ0) is 15.9. The fourth-order valence-corrected chi connectivity index (χ4v) is 2.58. The van der Waals surface area contributed by atoms with E-state index in [2.05, 4.69) is 67.6 Å². The molecule has 0 saturated heterocycles. The minimum absolute atomic E-state index is 0.343. The Kier molecular flexibility index (Phi) is 5.99. The molecule has 0 spiro atoms. The topological polar surface area (TPSA) is 24.5 Å². The second-order valence-electron chi connectivity index (χ2n) is 5.81. The van der Waals surface area contributed by atoms with Crippen LogP contribution < -0.4 is 10.1 Å². The van der Waals surface area contributed by atoms with Crippen LogP contribution in [-0.4, -0.2) is 32.6 Å². The maximum absolute atomic E-state index is 5.23. The van der Waals surface area contributed by atoms with E-state index in [-0.39, 0.29) is 0 Å². The Balaban J connectivity index is 1.98. The second-order valence-corrected chi connectivity index (χ2v) is 5.81. The highest BCUT2D eigenvalue weighted by Crippen LogP contribution is 2.21. The minimum Gasteiger partial charge on any atom is -0.497 e. The van der Waals surface area contributed by atoms with Crippen molar-refractivity contribution in [1.82, 2.24) is 10.2 Å². The average molecular weight is 298 g/mol. The molecule has 0 fully saturated rings. The summed E-state index contributed by atoms with van der Waals surface area (Å²) in [7, 11) is 5.93. The van der Waals surface area contributed by atoms with Gasteiger partial charge in [0.1, 0.15) is 5.75 Å². The molecule has 0 amide bonds. The van der Waals surface area contributed by atoms with Gasteiger partial charge in [0.2, 0.25) is 0 Å². The van der Waals surface area contributed by atoms with Gasteiger partial charge in [0, 0.05) is 19.1 Å². The lowest BCUT2D eigenvalue weighted by Gasteiger charge is -2.25. The first-order valence-corrected chi connectivity index (χ1v) is 7.67. The van der Waals surface area contributed by atoms with Crippen molar-refractivity contribution in [3.8, 4) is 5.75 Å². The van der Waals surface area contributed by atoms with Gasteiger partial charge in [-0.2, -0.15) is 0 Å². The van der Waals surface area contributed by atoms with Crippen LogP contribution in [0.5, 0.6) is 5.75 Å². The van der Waals surface area contributed by atoms with Crippen molar-refractivity contribution < 1.29 is 4.74 Å². The number of rotatable bonds is 7. The van der Waals surface area contributed by atoms with Crippen LogP contribution in [0.2, 0.25) is 0 Å². The van der Waals surface area contributed by atoms with Crippen LogP contribution in [0.4, 0.5) is 0 Å². The smallest absolute Gasteiger partial charge is 0.118 e. The standard InChI is InChI=1S/C19H26N2O/c1-15-7-5-6-8-17(15)13-20-14-19(21(2)3)16-9-11-18(22-4)12-10-16/h5-12,19-20H,13-14H2,1-4H3. The molecule has 0 aromatic heterocycles. The molecule has 1 atom stereocenters. The molecule has 3 heteroatoms. The first kappa shape index (κ1) is 16.5. The van der Waals surface area contributed by atoms with Gasteiger partial charge in [-0.3, -0.25) is 0 Å². The van der Waals surface area contributed by atoms with Gasteiger partial charge in [-0.05, 0) is 49.8 Å². The number of nitrogens with one attached hydrogen (secondary N) is 1. The summed E-state index contributed by atoms with van der Waals surface area (Å²) in [5.74, 6) is 0.897. The molecule has 0 aliphatic rings. The molecule has 118 valence electrons. The molecule has 0 bridgehead atoms. The molecular formula is C19H26N2O. The van der Waals surface area contributed by atoms with Gasteiger partial charge >= 0.3 is 0 Å². The molecule has 2 aromatic carbocycles. The van der Waals surface area contributed by atoms with Gasteiger partial charge < -0.3 is 15.0 Å². The van der Waals surface area contributed by atoms with E-state index >= 15 is 0 Å². The van der Waals surface area contributed by atoms with E-state index in [4.69, 9.17) is 4.74 Å². The third-order valence-corrected chi connectivity index (χ3v) is 4.04. The lowest BCUT2D eigenvalue weighted by atomic mass is 10.1. The maximum Gasteiger partial charge on any atom is 0.118 e. The van der Waals surface area contributed by atoms with E-state index in [9.17, 15) is 0 Å². The van der Waals surface area contributed by atoms with Crippen molar-refractivity contribution in [2.24, 2.45) is 0 Å². The highest BCUT2D eigenvalue weighted by molar-refractivity contribution is 5.29. The van der Waals surface area contributed by atoms with E-state index in [0.717, 1.165) is 18.8 Å². The van der Waals surface area contributed by atoms with Crippen molar-refractivity contribution in [1.29, 1.82) is 0 Å². The number of benzene rings is 2. The number of hydrogen-bond acceptors (Lipinski definition) is 3. The second kappa shape index (κ2) is 7.97. The fraction of sp³-hybridized carbons (Fsp3) is 0.368. The number of methoxy groups -OCH3 is 1. The minimum atomic E-state index is 0.343. The molecule has 22 heavy (non-hydrogen) atoms. The predicted octanol–water partition coefficient (Wildman–Crippen LogP) is 3.40. The van der Waals surface area contributed by atoms with E-state index in [1.807, 2.05) is 12.1 Å². The highest BCUT2D eigenvalue weighted by Gasteiger charge is 2.13. The molecular weight excluding hydrogens is 272 g/mol. The van der Waals surface area contributed by atoms with Crippen LogP contribution in [-0.2, 0) is 6.54 Å². The van der Waals surface area contributed by atoms with Gasteiger partial charge in [0.05, 0.1) is 7.11 Å². The summed E-state index contributed by atoms with van der Waals surface area (Å²) < 4.78 is 5.23. The number of aryl methyl sites for hydroxylation is 1. The Morgan fingerprint density at radius 2 is 1.73 bits per heavy atom. The Morgan fingerprint density at radius 3 is 2.32 bits per heavy atom. The van der Waals surface area contributed by atoms with Crippen molar-refractivity contribution >= 4 is 0 Å². The summed E-state index contributed by atoms with van der Waals surface area (Å²) >= 11 is 0. The van der Waals surface area contributed by atoms with Crippen LogP contribution in [0.3, 0.4) is 0 Å². The van der Waals surface area contributed by atoms with Gasteiger partial charge in [-0.15, -0.1) is 0 Å². The molecule has 1 unspecified atom stereocenters. The maximum atomic E-state index is 5.23. The van der Waals surface area contributed by atoms with Gasteiger partial charge in [-0.25, -0.2) is 0 Å². The summed E-state index contributed by atoms with van der Waals surface area (Å²) in [6.07, 6.45) is 0. The first-order valence-electron chi connectivity index (χ1n) is 7.67. The number of nitrogens with zero attached hydrogens (tertiary/aromatic N) is 1. The summed E-state index contributed by atoms with van der Waals surface area (Å²) in [5, 5.41) is 3.58. The van der Waals surface area contributed by atoms with Gasteiger partial charge in [0.25, 0.3) is 0 Å². The third kappa shape index (κ3) is 4.33. The van der Waals surface area contributed by atoms with Crippen molar-refractivity contribution in [3.05, 3.63) is 65.2 Å². The summed E-state index contributed by atoms with van der Waals surface area (Å²) in [6, 6.07) is 17.2. The number of likely N-dealkylation sites (N-methyl/N-ethyl adjacent to an activating group) is 1. The molecule has 2 rings (SSSR count). The Morgan fingerprint density at radius 1 is 1.05 bits per heavy atom. The fourth-order valence-electron chi connectivity index (χ4n) is 2.58. The van der Waals surface area contributed by atoms with E-state index < -0.39 is 0 Å². The van der Waals surface area contributed by atoms with Crippen molar-refractivity contribution in [2.45, 2.75) is 19.5 Å². The first-order chi connectivity index (χ1) is 10.6. The molecule has 0 heterocycles. The van der Waals surface area contributed by atoms with Crippen molar-refractivity contribution in [2.75, 3.05) is 27.7 Å². The molecule has 3 nitrogen and oxygen atoms in total. The lowest BCUT2D eigenvalue weighted by molar-refractivity contribution is 0.288. The van der Waals surface area contributed by atoms with Crippen LogP contribution >= 0.6 is 0 Å². The molecule has 2 aromatic rings. The number of hydrogen-bond donors (Lipinski definition) is 1. The molecule has 0 saturated carbocycles. The zero-order valence-electron chi connectivity index (χ0n) is 14.0. The molecule has 0 radical (unpaired) electrons. The molecule has 1 N–H and O–H groups in total. The van der Waals surface area contributed by atoms with Crippen molar-refractivity contribution in [3.63, 3.8) is 0 Å². The normalized spacial score (nSPS) is 12.4. The summed E-state index contributed by atoms with van der Waals surface area (Å²) in [5.41, 5.74) is 3.98. The molecule has 0 aliphatic heterocycles. The lowest BCUT2D eigenvalue weighted by Crippen LogP contribution is -2.30. The number of ether oxygens (including phenoxy) is 1. The van der Waals surface area contributed by atoms with Gasteiger partial charge in [-0.1, -0.05) is 36.4 Å². The van der Waals surface area contributed by atoms with Crippen LogP contribution in [0.25, 0.3) is 0 Å². The van der Waals surface area contributed by atoms with E-state index in [0.29, 0.717) is 6.04 Å².